The maximum absolute atomic E-state index is 11.6. The van der Waals surface area contributed by atoms with Gasteiger partial charge in [0, 0.05) is 0 Å². The predicted octanol–water partition coefficient (Wildman–Crippen LogP) is -0.588. The number of hydrogen-bond donors (Lipinski definition) is 3. The van der Waals surface area contributed by atoms with Crippen molar-refractivity contribution >= 4 is 27.7 Å². The fourth-order valence-electron chi connectivity index (χ4n) is 1.23. The largest absolute Gasteiger partial charge is 0.465 e. The Bertz CT molecular complexity index is 596. The molecule has 1 aromatic rings. The molecule has 9 heteroatoms. The van der Waals surface area contributed by atoms with Crippen LogP contribution in [-0.2, 0) is 14.8 Å². The maximum atomic E-state index is 11.6. The van der Waals surface area contributed by atoms with Gasteiger partial charge in [-0.3, -0.25) is 0 Å². The number of carbonyl (C=O) groups is 2. The highest BCUT2D eigenvalue weighted by Gasteiger charge is 2.20. The zero-order chi connectivity index (χ0) is 13.9. The van der Waals surface area contributed by atoms with E-state index in [1.807, 2.05) is 0 Å². The first kappa shape index (κ1) is 13.8. The molecule has 0 fully saturated rings. The number of sulfonamides is 1. The number of primary amides is 1. The summed E-state index contributed by atoms with van der Waals surface area (Å²) in [5.74, 6) is -0.659. The van der Waals surface area contributed by atoms with Gasteiger partial charge in [0.1, 0.15) is 4.90 Å². The molecule has 1 rings (SSSR count). The van der Waals surface area contributed by atoms with Gasteiger partial charge < -0.3 is 16.2 Å². The zero-order valence-electron chi connectivity index (χ0n) is 9.34. The quantitative estimate of drug-likeness (QED) is 0.496. The van der Waals surface area contributed by atoms with E-state index in [2.05, 4.69) is 4.74 Å². The van der Waals surface area contributed by atoms with Gasteiger partial charge >= 0.3 is 12.0 Å². The van der Waals surface area contributed by atoms with E-state index < -0.39 is 22.0 Å². The molecule has 0 aliphatic heterocycles. The fraction of sp³-hybridized carbons (Fsp3) is 0.111. The Morgan fingerprint density at radius 2 is 1.94 bits per heavy atom. The Hall–Kier alpha value is -2.29. The first-order valence-corrected chi connectivity index (χ1v) is 6.06. The molecule has 18 heavy (non-hydrogen) atoms. The molecule has 0 radical (unpaired) electrons. The summed E-state index contributed by atoms with van der Waals surface area (Å²) < 4.78 is 29.2. The molecule has 2 amide bonds. The highest BCUT2D eigenvalue weighted by molar-refractivity contribution is 7.90. The van der Waals surface area contributed by atoms with Crippen molar-refractivity contribution in [2.24, 2.45) is 5.73 Å². The van der Waals surface area contributed by atoms with E-state index in [1.165, 1.54) is 13.2 Å². The number of nitrogens with one attached hydrogen (secondary N) is 1. The third kappa shape index (κ3) is 2.88. The van der Waals surface area contributed by atoms with E-state index in [0.29, 0.717) is 0 Å². The van der Waals surface area contributed by atoms with Gasteiger partial charge in [-0.05, 0) is 18.2 Å². The van der Waals surface area contributed by atoms with Crippen LogP contribution < -0.4 is 16.2 Å². The lowest BCUT2D eigenvalue weighted by molar-refractivity contribution is 0.0600. The first-order valence-electron chi connectivity index (χ1n) is 4.58. The standard InChI is InChI=1S/C9H11N3O5S/c1-17-8(13)5-2-3-7(6(10)4-5)18(15,16)12-9(11)14/h2-4H,10H2,1H3,(H3,11,12,14). The van der Waals surface area contributed by atoms with E-state index in [0.717, 1.165) is 12.1 Å². The van der Waals surface area contributed by atoms with Gasteiger partial charge in [-0.15, -0.1) is 0 Å². The SMILES string of the molecule is COC(=O)c1ccc(S(=O)(=O)NC(N)=O)c(N)c1. The number of ether oxygens (including phenoxy) is 1. The number of nitrogen functional groups attached to an aromatic ring is 1. The second-order valence-electron chi connectivity index (χ2n) is 3.21. The molecule has 0 aliphatic rings. The van der Waals surface area contributed by atoms with Crippen molar-refractivity contribution < 1.29 is 22.7 Å². The van der Waals surface area contributed by atoms with Crippen LogP contribution in [0.5, 0.6) is 0 Å². The Morgan fingerprint density at radius 3 is 2.39 bits per heavy atom. The van der Waals surface area contributed by atoms with Gasteiger partial charge in [0.2, 0.25) is 0 Å². The molecule has 0 saturated carbocycles. The van der Waals surface area contributed by atoms with Crippen LogP contribution in [0.3, 0.4) is 0 Å². The Labute approximate surface area is 103 Å². The molecule has 0 aliphatic carbocycles. The number of rotatable bonds is 3. The summed E-state index contributed by atoms with van der Waals surface area (Å²) in [6.07, 6.45) is 0. The molecule has 0 bridgehead atoms. The number of nitrogens with two attached hydrogens (primary N) is 2. The lowest BCUT2D eigenvalue weighted by atomic mass is 10.2. The van der Waals surface area contributed by atoms with Crippen LogP contribution >= 0.6 is 0 Å². The molecule has 0 heterocycles. The summed E-state index contributed by atoms with van der Waals surface area (Å²) in [4.78, 5) is 21.4. The smallest absolute Gasteiger partial charge is 0.337 e. The number of carbonyl (C=O) groups excluding carboxylic acids is 2. The predicted molar refractivity (Wildman–Crippen MR) is 62.1 cm³/mol. The minimum atomic E-state index is -4.14. The number of methoxy groups -OCH3 is 1. The molecular formula is C9H11N3O5S. The van der Waals surface area contributed by atoms with E-state index in [-0.39, 0.29) is 16.1 Å². The van der Waals surface area contributed by atoms with Crippen LogP contribution in [0.15, 0.2) is 23.1 Å². The monoisotopic (exact) mass is 273 g/mol. The van der Waals surface area contributed by atoms with E-state index in [1.54, 1.807) is 4.72 Å². The summed E-state index contributed by atoms with van der Waals surface area (Å²) in [7, 11) is -2.96. The Morgan fingerprint density at radius 1 is 1.33 bits per heavy atom. The number of amides is 2. The first-order chi connectivity index (χ1) is 8.27. The molecule has 1 aromatic carbocycles. The Balaban J connectivity index is 3.21. The molecule has 0 spiro atoms. The number of hydrogen-bond acceptors (Lipinski definition) is 6. The average molecular weight is 273 g/mol. The summed E-state index contributed by atoms with van der Waals surface area (Å²) in [6, 6.07) is 2.18. The van der Waals surface area contributed by atoms with Crippen molar-refractivity contribution in [3.05, 3.63) is 23.8 Å². The van der Waals surface area contributed by atoms with Gasteiger partial charge in [-0.25, -0.2) is 22.7 Å². The summed E-state index contributed by atoms with van der Waals surface area (Å²) in [5, 5.41) is 0. The highest BCUT2D eigenvalue weighted by atomic mass is 32.2. The van der Waals surface area contributed by atoms with Crippen molar-refractivity contribution in [1.82, 2.24) is 4.72 Å². The van der Waals surface area contributed by atoms with Crippen LogP contribution in [-0.4, -0.2) is 27.5 Å². The number of benzene rings is 1. The van der Waals surface area contributed by atoms with Crippen molar-refractivity contribution in [3.8, 4) is 0 Å². The topological polar surface area (TPSA) is 142 Å². The van der Waals surface area contributed by atoms with Crippen molar-refractivity contribution in [2.45, 2.75) is 4.90 Å². The van der Waals surface area contributed by atoms with Crippen molar-refractivity contribution in [2.75, 3.05) is 12.8 Å². The maximum Gasteiger partial charge on any atom is 0.337 e. The Kier molecular flexibility index (Phi) is 3.76. The van der Waals surface area contributed by atoms with Gasteiger partial charge in [-0.2, -0.15) is 0 Å². The van der Waals surface area contributed by atoms with Gasteiger partial charge in [0.15, 0.2) is 0 Å². The van der Waals surface area contributed by atoms with E-state index in [4.69, 9.17) is 11.5 Å². The van der Waals surface area contributed by atoms with Crippen molar-refractivity contribution in [3.63, 3.8) is 0 Å². The lowest BCUT2D eigenvalue weighted by Crippen LogP contribution is -2.35. The normalized spacial score (nSPS) is 10.7. The minimum absolute atomic E-state index is 0.0908. The van der Waals surface area contributed by atoms with Crippen LogP contribution in [0.2, 0.25) is 0 Å². The molecule has 98 valence electrons. The van der Waals surface area contributed by atoms with E-state index in [9.17, 15) is 18.0 Å². The van der Waals surface area contributed by atoms with Crippen LogP contribution in [0.4, 0.5) is 10.5 Å². The molecule has 8 nitrogen and oxygen atoms in total. The number of urea groups is 1. The van der Waals surface area contributed by atoms with Gasteiger partial charge in [0.25, 0.3) is 10.0 Å². The zero-order valence-corrected chi connectivity index (χ0v) is 10.2. The third-order valence-electron chi connectivity index (χ3n) is 1.96. The molecule has 0 atom stereocenters. The van der Waals surface area contributed by atoms with Crippen LogP contribution in [0, 0.1) is 0 Å². The van der Waals surface area contributed by atoms with E-state index >= 15 is 0 Å². The second kappa shape index (κ2) is 4.92. The highest BCUT2D eigenvalue weighted by Crippen LogP contribution is 2.19. The third-order valence-corrected chi connectivity index (χ3v) is 3.38. The minimum Gasteiger partial charge on any atom is -0.465 e. The summed E-state index contributed by atoms with van der Waals surface area (Å²) in [6.45, 7) is 0. The van der Waals surface area contributed by atoms with Gasteiger partial charge in [0.05, 0.1) is 18.4 Å². The lowest BCUT2D eigenvalue weighted by Gasteiger charge is -2.08. The average Bonchev–Trinajstić information content (AvgIpc) is 2.25. The van der Waals surface area contributed by atoms with Crippen LogP contribution in [0.1, 0.15) is 10.4 Å². The molecule has 0 aromatic heterocycles. The summed E-state index contributed by atoms with van der Waals surface area (Å²) >= 11 is 0. The van der Waals surface area contributed by atoms with Crippen LogP contribution in [0.25, 0.3) is 0 Å². The number of anilines is 1. The van der Waals surface area contributed by atoms with Crippen molar-refractivity contribution in [1.29, 1.82) is 0 Å². The molecule has 5 N–H and O–H groups in total. The molecule has 0 saturated heterocycles. The molecule has 0 unspecified atom stereocenters. The summed E-state index contributed by atoms with van der Waals surface area (Å²) in [5.41, 5.74) is 10.1. The second-order valence-corrected chi connectivity index (χ2v) is 4.86. The number of esters is 1. The van der Waals surface area contributed by atoms with Gasteiger partial charge in [-0.1, -0.05) is 0 Å². The fourth-order valence-corrected chi connectivity index (χ4v) is 2.22. The molecular weight excluding hydrogens is 262 g/mol.